The number of unbranched alkanes of at least 4 members (excludes halogenated alkanes) is 3. The summed E-state index contributed by atoms with van der Waals surface area (Å²) in [5.41, 5.74) is 5.28. The number of rotatable bonds is 11. The fourth-order valence-corrected chi connectivity index (χ4v) is 3.22. The Labute approximate surface area is 144 Å². The fourth-order valence-electron chi connectivity index (χ4n) is 3.22. The highest BCUT2D eigenvalue weighted by atomic mass is 16.3. The largest absolute Gasteiger partial charge is 0.228 e. The molecule has 0 fully saturated rings. The lowest BCUT2D eigenvalue weighted by atomic mass is 9.84. The van der Waals surface area contributed by atoms with Crippen LogP contribution in [0.15, 0.2) is 12.1 Å². The summed E-state index contributed by atoms with van der Waals surface area (Å²) < 4.78 is 0. The molecule has 0 saturated heterocycles. The molecule has 1 unspecified atom stereocenters. The van der Waals surface area contributed by atoms with Crippen molar-refractivity contribution < 1.29 is 5.11 Å². The van der Waals surface area contributed by atoms with Gasteiger partial charge in [-0.2, -0.15) is 0 Å². The van der Waals surface area contributed by atoms with E-state index in [1.807, 2.05) is 0 Å². The molecule has 0 saturated carbocycles. The van der Waals surface area contributed by atoms with E-state index in [1.165, 1.54) is 55.2 Å². The molecule has 0 bridgehead atoms. The summed E-state index contributed by atoms with van der Waals surface area (Å²) in [5, 5.41) is 12.9. The number of hydrogen-bond donors (Lipinski definition) is 0. The summed E-state index contributed by atoms with van der Waals surface area (Å²) in [7, 11) is 0. The van der Waals surface area contributed by atoms with Gasteiger partial charge in [-0.3, -0.25) is 0 Å². The van der Waals surface area contributed by atoms with E-state index in [9.17, 15) is 5.11 Å². The Morgan fingerprint density at radius 1 is 0.783 bits per heavy atom. The molecule has 1 atom stereocenters. The van der Waals surface area contributed by atoms with E-state index in [4.69, 9.17) is 0 Å². The van der Waals surface area contributed by atoms with Gasteiger partial charge in [0.25, 0.3) is 0 Å². The highest BCUT2D eigenvalue weighted by Gasteiger charge is 2.22. The van der Waals surface area contributed by atoms with Crippen LogP contribution in [0, 0.1) is 5.92 Å². The number of benzene rings is 1. The van der Waals surface area contributed by atoms with Crippen LogP contribution in [0.25, 0.3) is 0 Å². The van der Waals surface area contributed by atoms with Crippen molar-refractivity contribution in [1.29, 1.82) is 0 Å². The van der Waals surface area contributed by atoms with Crippen LogP contribution in [0.1, 0.15) is 102 Å². The third-order valence-corrected chi connectivity index (χ3v) is 4.72. The van der Waals surface area contributed by atoms with E-state index in [1.54, 1.807) is 0 Å². The Bertz CT molecular complexity index is 418. The average Bonchev–Trinajstić information content (AvgIpc) is 2.55. The molecule has 0 heterocycles. The molecule has 0 aromatic heterocycles. The molecule has 0 aliphatic rings. The summed E-state index contributed by atoms with van der Waals surface area (Å²) in [4.78, 5) is 0. The van der Waals surface area contributed by atoms with Crippen LogP contribution in [0.3, 0.4) is 0 Å². The molecule has 0 aliphatic heterocycles. The first-order valence-electron chi connectivity index (χ1n) is 9.85. The van der Waals surface area contributed by atoms with Gasteiger partial charge in [0.15, 0.2) is 0 Å². The first-order chi connectivity index (χ1) is 11.0. The molecule has 23 heavy (non-hydrogen) atoms. The molecular weight excluding hydrogens is 280 g/mol. The number of hydrogen-bond acceptors (Lipinski definition) is 0. The minimum Gasteiger partial charge on any atom is -0.228 e. The van der Waals surface area contributed by atoms with E-state index in [0.29, 0.717) is 0 Å². The highest BCUT2D eigenvalue weighted by Crippen LogP contribution is 2.32. The first-order valence-corrected chi connectivity index (χ1v) is 9.85. The predicted octanol–water partition coefficient (Wildman–Crippen LogP) is 6.84. The van der Waals surface area contributed by atoms with Crippen LogP contribution in [0.4, 0.5) is 0 Å². The minimum atomic E-state index is -0.575. The second-order valence-electron chi connectivity index (χ2n) is 7.30. The zero-order valence-electron chi connectivity index (χ0n) is 16.1. The Morgan fingerprint density at radius 2 is 1.22 bits per heavy atom. The first kappa shape index (κ1) is 20.2. The third kappa shape index (κ3) is 6.30. The van der Waals surface area contributed by atoms with Crippen LogP contribution < -0.4 is 0 Å². The zero-order chi connectivity index (χ0) is 17.2. The van der Waals surface area contributed by atoms with E-state index in [2.05, 4.69) is 46.8 Å². The van der Waals surface area contributed by atoms with Gasteiger partial charge in [0.05, 0.1) is 0 Å². The summed E-state index contributed by atoms with van der Waals surface area (Å²) >= 11 is 0. The molecule has 1 heteroatoms. The molecule has 1 aromatic rings. The maximum atomic E-state index is 12.9. The zero-order valence-corrected chi connectivity index (χ0v) is 16.1. The molecule has 131 valence electrons. The van der Waals surface area contributed by atoms with Gasteiger partial charge in [-0.15, -0.1) is 0 Å². The van der Waals surface area contributed by atoms with Gasteiger partial charge in [0.2, 0.25) is 0 Å². The van der Waals surface area contributed by atoms with E-state index in [-0.39, 0.29) is 5.92 Å². The average molecular weight is 318 g/mol. The van der Waals surface area contributed by atoms with Gasteiger partial charge < -0.3 is 0 Å². The summed E-state index contributed by atoms with van der Waals surface area (Å²) in [6.07, 6.45) is 9.92. The maximum Gasteiger partial charge on any atom is 0.121 e. The fraction of sp³-hybridized carbons (Fsp3) is 0.727. The number of aryl methyl sites for hydroxylation is 3. The second kappa shape index (κ2) is 10.9. The second-order valence-corrected chi connectivity index (χ2v) is 7.30. The molecule has 0 N–H and O–H groups in total. The highest BCUT2D eigenvalue weighted by molar-refractivity contribution is 5.41. The summed E-state index contributed by atoms with van der Waals surface area (Å²) in [6, 6.07) is 4.70. The van der Waals surface area contributed by atoms with Crippen molar-refractivity contribution >= 4 is 0 Å². The van der Waals surface area contributed by atoms with Crippen LogP contribution in [0.2, 0.25) is 0 Å². The van der Waals surface area contributed by atoms with Crippen LogP contribution in [0.5, 0.6) is 0 Å². The standard InChI is InChI=1S/C22H37O/c1-6-9-12-18-15-19(13-10-7-2)21(22(23)17(4)5)20(16-18)14-11-8-3/h15-17,22H,6-14H2,1-5H3. The van der Waals surface area contributed by atoms with Gasteiger partial charge >= 0.3 is 0 Å². The summed E-state index contributed by atoms with van der Waals surface area (Å²) in [6.45, 7) is 10.8. The minimum absolute atomic E-state index is 0.164. The third-order valence-electron chi connectivity index (χ3n) is 4.72. The molecular formula is C22H37O. The lowest BCUT2D eigenvalue weighted by Gasteiger charge is -2.23. The van der Waals surface area contributed by atoms with Gasteiger partial charge in [-0.05, 0) is 66.7 Å². The van der Waals surface area contributed by atoms with E-state index in [0.717, 1.165) is 24.8 Å². The van der Waals surface area contributed by atoms with Crippen molar-refractivity contribution in [3.8, 4) is 0 Å². The molecule has 0 spiro atoms. The molecule has 1 aromatic carbocycles. The van der Waals surface area contributed by atoms with Crippen LogP contribution in [-0.4, -0.2) is 0 Å². The Morgan fingerprint density at radius 3 is 1.61 bits per heavy atom. The SMILES string of the molecule is CCCCc1cc(CCCC)c(C([O])C(C)C)c(CCCC)c1. The van der Waals surface area contributed by atoms with Crippen molar-refractivity contribution in [2.75, 3.05) is 0 Å². The molecule has 1 nitrogen and oxygen atoms in total. The van der Waals surface area contributed by atoms with E-state index < -0.39 is 6.10 Å². The molecule has 0 amide bonds. The molecule has 1 radical (unpaired) electrons. The lowest BCUT2D eigenvalue weighted by molar-refractivity contribution is 0.0472. The van der Waals surface area contributed by atoms with Crippen molar-refractivity contribution in [1.82, 2.24) is 0 Å². The van der Waals surface area contributed by atoms with Crippen molar-refractivity contribution in [3.63, 3.8) is 0 Å². The lowest BCUT2D eigenvalue weighted by Crippen LogP contribution is -2.12. The normalized spacial score (nSPS) is 12.8. The molecule has 0 aliphatic carbocycles. The molecule has 1 rings (SSSR count). The monoisotopic (exact) mass is 317 g/mol. The van der Waals surface area contributed by atoms with Crippen LogP contribution in [-0.2, 0) is 24.4 Å². The maximum absolute atomic E-state index is 12.9. The Balaban J connectivity index is 3.26. The van der Waals surface area contributed by atoms with Gasteiger partial charge in [-0.25, -0.2) is 5.11 Å². The van der Waals surface area contributed by atoms with Gasteiger partial charge in [0.1, 0.15) is 6.10 Å². The van der Waals surface area contributed by atoms with Crippen molar-refractivity contribution in [3.05, 3.63) is 34.4 Å². The van der Waals surface area contributed by atoms with E-state index >= 15 is 0 Å². The smallest absolute Gasteiger partial charge is 0.121 e. The van der Waals surface area contributed by atoms with Gasteiger partial charge in [0, 0.05) is 0 Å². The van der Waals surface area contributed by atoms with Crippen molar-refractivity contribution in [2.24, 2.45) is 5.92 Å². The summed E-state index contributed by atoms with van der Waals surface area (Å²) in [5.74, 6) is 0.164. The Kier molecular flexibility index (Phi) is 9.55. The topological polar surface area (TPSA) is 19.9 Å². The van der Waals surface area contributed by atoms with Crippen LogP contribution >= 0.6 is 0 Å². The van der Waals surface area contributed by atoms with Crippen molar-refractivity contribution in [2.45, 2.75) is 98.5 Å². The quantitative estimate of drug-likeness (QED) is 0.425. The van der Waals surface area contributed by atoms with Gasteiger partial charge in [-0.1, -0.05) is 66.0 Å². The Hall–Kier alpha value is -0.820. The predicted molar refractivity (Wildman–Crippen MR) is 101 cm³/mol.